The molecule has 0 fully saturated rings. The van der Waals surface area contributed by atoms with Gasteiger partial charge in [0.1, 0.15) is 5.75 Å². The monoisotopic (exact) mass is 298 g/mol. The van der Waals surface area contributed by atoms with Crippen LogP contribution in [0.1, 0.15) is 6.42 Å². The smallest absolute Gasteiger partial charge is 0.241 e. The molecule has 0 bridgehead atoms. The number of methoxy groups -OCH3 is 1. The standard InChI is InChI=1S/C12H15BrN2O2/c1-3-4-10(14)12(16)15-8-5-6-11(17-2)9(13)7-8/h3,5-7,10H,1,4,14H2,2H3,(H,15,16). The lowest BCUT2D eigenvalue weighted by molar-refractivity contribution is -0.117. The fourth-order valence-corrected chi connectivity index (χ4v) is 1.81. The Kier molecular flexibility index (Phi) is 5.18. The largest absolute Gasteiger partial charge is 0.496 e. The first kappa shape index (κ1) is 13.7. The van der Waals surface area contributed by atoms with Crippen molar-refractivity contribution in [3.8, 4) is 5.75 Å². The van der Waals surface area contributed by atoms with E-state index in [1.165, 1.54) is 0 Å². The van der Waals surface area contributed by atoms with Gasteiger partial charge >= 0.3 is 0 Å². The van der Waals surface area contributed by atoms with Crippen LogP contribution in [0.4, 0.5) is 5.69 Å². The molecule has 0 radical (unpaired) electrons. The van der Waals surface area contributed by atoms with Gasteiger partial charge in [0.25, 0.3) is 0 Å². The van der Waals surface area contributed by atoms with Crippen molar-refractivity contribution >= 4 is 27.5 Å². The highest BCUT2D eigenvalue weighted by Gasteiger charge is 2.12. The first-order chi connectivity index (χ1) is 8.08. The van der Waals surface area contributed by atoms with Crippen LogP contribution in [-0.4, -0.2) is 19.1 Å². The van der Waals surface area contributed by atoms with E-state index in [4.69, 9.17) is 10.5 Å². The quantitative estimate of drug-likeness (QED) is 0.820. The summed E-state index contributed by atoms with van der Waals surface area (Å²) in [6.07, 6.45) is 2.07. The Morgan fingerprint density at radius 2 is 2.41 bits per heavy atom. The van der Waals surface area contributed by atoms with Crippen LogP contribution in [0.2, 0.25) is 0 Å². The van der Waals surface area contributed by atoms with Crippen molar-refractivity contribution in [3.05, 3.63) is 35.3 Å². The second-order valence-electron chi connectivity index (χ2n) is 3.47. The summed E-state index contributed by atoms with van der Waals surface area (Å²) in [6.45, 7) is 3.54. The van der Waals surface area contributed by atoms with Gasteiger partial charge in [0.2, 0.25) is 5.91 Å². The fourth-order valence-electron chi connectivity index (χ4n) is 1.27. The van der Waals surface area contributed by atoms with Gasteiger partial charge in [-0.1, -0.05) is 6.08 Å². The Bertz CT molecular complexity index is 421. The number of nitrogens with two attached hydrogens (primary N) is 1. The molecule has 1 unspecified atom stereocenters. The summed E-state index contributed by atoms with van der Waals surface area (Å²) in [5.41, 5.74) is 6.32. The highest BCUT2D eigenvalue weighted by Crippen LogP contribution is 2.27. The summed E-state index contributed by atoms with van der Waals surface area (Å²) in [6, 6.07) is 4.70. The summed E-state index contributed by atoms with van der Waals surface area (Å²) in [5, 5.41) is 2.72. The second-order valence-corrected chi connectivity index (χ2v) is 4.32. The van der Waals surface area contributed by atoms with Crippen LogP contribution >= 0.6 is 15.9 Å². The third kappa shape index (κ3) is 3.87. The number of hydrogen-bond acceptors (Lipinski definition) is 3. The second kappa shape index (κ2) is 6.42. The predicted molar refractivity (Wildman–Crippen MR) is 72.1 cm³/mol. The number of halogens is 1. The van der Waals surface area contributed by atoms with Crippen LogP contribution < -0.4 is 15.8 Å². The first-order valence-corrected chi connectivity index (χ1v) is 5.88. The van der Waals surface area contributed by atoms with E-state index in [-0.39, 0.29) is 5.91 Å². The van der Waals surface area contributed by atoms with E-state index in [0.717, 1.165) is 4.47 Å². The van der Waals surface area contributed by atoms with E-state index in [1.54, 1.807) is 31.4 Å². The number of ether oxygens (including phenoxy) is 1. The molecule has 1 rings (SSSR count). The third-order valence-electron chi connectivity index (χ3n) is 2.18. The zero-order valence-corrected chi connectivity index (χ0v) is 11.2. The molecular weight excluding hydrogens is 284 g/mol. The summed E-state index contributed by atoms with van der Waals surface area (Å²) >= 11 is 3.34. The molecule has 0 aliphatic heterocycles. The van der Waals surface area contributed by atoms with Gasteiger partial charge in [-0.05, 0) is 40.5 Å². The minimum atomic E-state index is -0.576. The molecule has 3 N–H and O–H groups in total. The summed E-state index contributed by atoms with van der Waals surface area (Å²) in [7, 11) is 1.58. The normalized spacial score (nSPS) is 11.7. The fraction of sp³-hybridized carbons (Fsp3) is 0.250. The molecule has 1 aromatic rings. The van der Waals surface area contributed by atoms with E-state index in [1.807, 2.05) is 0 Å². The number of carbonyl (C=O) groups excluding carboxylic acids is 1. The molecule has 1 amide bonds. The molecule has 0 saturated heterocycles. The van der Waals surface area contributed by atoms with Crippen LogP contribution in [0.25, 0.3) is 0 Å². The lowest BCUT2D eigenvalue weighted by Crippen LogP contribution is -2.35. The van der Waals surface area contributed by atoms with E-state index >= 15 is 0 Å². The third-order valence-corrected chi connectivity index (χ3v) is 2.80. The van der Waals surface area contributed by atoms with Crippen molar-refractivity contribution in [3.63, 3.8) is 0 Å². The lowest BCUT2D eigenvalue weighted by Gasteiger charge is -2.11. The van der Waals surface area contributed by atoms with E-state index in [0.29, 0.717) is 17.9 Å². The van der Waals surface area contributed by atoms with Crippen molar-refractivity contribution in [2.75, 3.05) is 12.4 Å². The van der Waals surface area contributed by atoms with Crippen molar-refractivity contribution in [2.24, 2.45) is 5.73 Å². The number of rotatable bonds is 5. The lowest BCUT2D eigenvalue weighted by atomic mass is 10.2. The van der Waals surface area contributed by atoms with E-state index in [2.05, 4.69) is 27.8 Å². The van der Waals surface area contributed by atoms with Gasteiger partial charge in [-0.3, -0.25) is 4.79 Å². The number of hydrogen-bond donors (Lipinski definition) is 2. The highest BCUT2D eigenvalue weighted by atomic mass is 79.9. The maximum absolute atomic E-state index is 11.6. The van der Waals surface area contributed by atoms with Crippen molar-refractivity contribution in [2.45, 2.75) is 12.5 Å². The van der Waals surface area contributed by atoms with Crippen molar-refractivity contribution < 1.29 is 9.53 Å². The van der Waals surface area contributed by atoms with Gasteiger partial charge in [-0.15, -0.1) is 6.58 Å². The highest BCUT2D eigenvalue weighted by molar-refractivity contribution is 9.10. The zero-order valence-electron chi connectivity index (χ0n) is 9.57. The maximum atomic E-state index is 11.6. The van der Waals surface area contributed by atoms with Gasteiger partial charge in [0.05, 0.1) is 17.6 Å². The van der Waals surface area contributed by atoms with Gasteiger partial charge < -0.3 is 15.8 Å². The number of nitrogens with one attached hydrogen (secondary N) is 1. The topological polar surface area (TPSA) is 64.4 Å². The van der Waals surface area contributed by atoms with Crippen LogP contribution in [0.3, 0.4) is 0 Å². The van der Waals surface area contributed by atoms with E-state index < -0.39 is 6.04 Å². The summed E-state index contributed by atoms with van der Waals surface area (Å²) in [4.78, 5) is 11.6. The average molecular weight is 299 g/mol. The van der Waals surface area contributed by atoms with Crippen LogP contribution in [0.5, 0.6) is 5.75 Å². The van der Waals surface area contributed by atoms with Gasteiger partial charge in [0.15, 0.2) is 0 Å². The van der Waals surface area contributed by atoms with Gasteiger partial charge in [0, 0.05) is 5.69 Å². The molecule has 0 heterocycles. The number of anilines is 1. The average Bonchev–Trinajstić information content (AvgIpc) is 2.29. The molecule has 0 aliphatic rings. The van der Waals surface area contributed by atoms with Crippen molar-refractivity contribution in [1.29, 1.82) is 0 Å². The molecule has 4 nitrogen and oxygen atoms in total. The molecular formula is C12H15BrN2O2. The molecule has 17 heavy (non-hydrogen) atoms. The summed E-state index contributed by atoms with van der Waals surface area (Å²) in [5.74, 6) is 0.473. The number of carbonyl (C=O) groups is 1. The molecule has 0 spiro atoms. The number of benzene rings is 1. The minimum absolute atomic E-state index is 0.234. The Hall–Kier alpha value is -1.33. The van der Waals surface area contributed by atoms with Crippen LogP contribution in [0.15, 0.2) is 35.3 Å². The molecule has 0 saturated carbocycles. The maximum Gasteiger partial charge on any atom is 0.241 e. The SMILES string of the molecule is C=CCC(N)C(=O)Nc1ccc(OC)c(Br)c1. The Morgan fingerprint density at radius 3 is 2.94 bits per heavy atom. The number of amides is 1. The van der Waals surface area contributed by atoms with Gasteiger partial charge in [-0.2, -0.15) is 0 Å². The summed E-state index contributed by atoms with van der Waals surface area (Å²) < 4.78 is 5.87. The molecule has 92 valence electrons. The van der Waals surface area contributed by atoms with Crippen LogP contribution in [0, 0.1) is 0 Å². The minimum Gasteiger partial charge on any atom is -0.496 e. The molecule has 1 aromatic carbocycles. The van der Waals surface area contributed by atoms with Gasteiger partial charge in [-0.25, -0.2) is 0 Å². The molecule has 5 heteroatoms. The molecule has 0 aromatic heterocycles. The van der Waals surface area contributed by atoms with Crippen molar-refractivity contribution in [1.82, 2.24) is 0 Å². The Balaban J connectivity index is 2.72. The molecule has 1 atom stereocenters. The first-order valence-electron chi connectivity index (χ1n) is 5.09. The Morgan fingerprint density at radius 1 is 1.71 bits per heavy atom. The van der Waals surface area contributed by atoms with Crippen LogP contribution in [-0.2, 0) is 4.79 Å². The Labute approximate surface area is 109 Å². The zero-order chi connectivity index (χ0) is 12.8. The molecule has 0 aliphatic carbocycles. The van der Waals surface area contributed by atoms with E-state index in [9.17, 15) is 4.79 Å². The predicted octanol–water partition coefficient (Wildman–Crippen LogP) is 2.30.